The summed E-state index contributed by atoms with van der Waals surface area (Å²) in [6.45, 7) is 11.2. The van der Waals surface area contributed by atoms with E-state index in [2.05, 4.69) is 26.1 Å². The maximum atomic E-state index is 9.86. The molecule has 0 radical (unpaired) electrons. The first-order valence-corrected chi connectivity index (χ1v) is 8.06. The van der Waals surface area contributed by atoms with Gasteiger partial charge in [0.25, 0.3) is 0 Å². The quantitative estimate of drug-likeness (QED) is 0.605. The first-order valence-electron chi connectivity index (χ1n) is 8.06. The van der Waals surface area contributed by atoms with Crippen LogP contribution in [0.3, 0.4) is 0 Å². The Morgan fingerprint density at radius 2 is 2.00 bits per heavy atom. The molecule has 1 fully saturated rings. The Hall–Kier alpha value is -0.160. The van der Waals surface area contributed by atoms with Gasteiger partial charge in [0, 0.05) is 32.9 Å². The molecular formula is C16H33NO3. The van der Waals surface area contributed by atoms with Gasteiger partial charge < -0.3 is 19.9 Å². The maximum absolute atomic E-state index is 9.86. The van der Waals surface area contributed by atoms with Crippen molar-refractivity contribution in [3.8, 4) is 0 Å². The summed E-state index contributed by atoms with van der Waals surface area (Å²) >= 11 is 0. The molecule has 1 saturated heterocycles. The topological polar surface area (TPSA) is 50.7 Å². The molecule has 2 N–H and O–H groups in total. The maximum Gasteiger partial charge on any atom is 0.0897 e. The second kappa shape index (κ2) is 9.72. The van der Waals surface area contributed by atoms with E-state index in [0.717, 1.165) is 51.5 Å². The minimum absolute atomic E-state index is 0.316. The van der Waals surface area contributed by atoms with Crippen LogP contribution in [0.1, 0.15) is 46.5 Å². The number of hydrogen-bond acceptors (Lipinski definition) is 4. The number of ether oxygens (including phenoxy) is 2. The van der Waals surface area contributed by atoms with Crippen LogP contribution in [0, 0.1) is 11.3 Å². The Morgan fingerprint density at radius 3 is 2.65 bits per heavy atom. The summed E-state index contributed by atoms with van der Waals surface area (Å²) in [5.41, 5.74) is 0.316. The van der Waals surface area contributed by atoms with Gasteiger partial charge in [0.1, 0.15) is 0 Å². The SMILES string of the molecule is CC(C)CCCOCC(O)CNCC1(C)CCOCC1. The van der Waals surface area contributed by atoms with Gasteiger partial charge in [0.2, 0.25) is 0 Å². The molecule has 120 valence electrons. The van der Waals surface area contributed by atoms with Gasteiger partial charge in [0.15, 0.2) is 0 Å². The van der Waals surface area contributed by atoms with Crippen LogP contribution < -0.4 is 5.32 Å². The lowest BCUT2D eigenvalue weighted by Gasteiger charge is -2.34. The molecule has 0 saturated carbocycles. The van der Waals surface area contributed by atoms with Gasteiger partial charge in [-0.05, 0) is 37.0 Å². The number of rotatable bonds is 10. The van der Waals surface area contributed by atoms with Crippen LogP contribution in [0.4, 0.5) is 0 Å². The first kappa shape index (κ1) is 17.9. The normalized spacial score (nSPS) is 20.2. The molecule has 20 heavy (non-hydrogen) atoms. The van der Waals surface area contributed by atoms with E-state index in [1.807, 2.05) is 0 Å². The Labute approximate surface area is 124 Å². The summed E-state index contributed by atoms with van der Waals surface area (Å²) in [5.74, 6) is 0.727. The van der Waals surface area contributed by atoms with E-state index in [-0.39, 0.29) is 0 Å². The van der Waals surface area contributed by atoms with Crippen LogP contribution in [0.2, 0.25) is 0 Å². The van der Waals surface area contributed by atoms with Gasteiger partial charge in [-0.3, -0.25) is 0 Å². The van der Waals surface area contributed by atoms with Crippen LogP contribution in [-0.2, 0) is 9.47 Å². The fraction of sp³-hybridized carbons (Fsp3) is 1.00. The zero-order valence-corrected chi connectivity index (χ0v) is 13.5. The molecule has 0 aromatic rings. The van der Waals surface area contributed by atoms with Crippen LogP contribution in [0.15, 0.2) is 0 Å². The molecule has 0 amide bonds. The molecule has 0 aromatic carbocycles. The summed E-state index contributed by atoms with van der Waals surface area (Å²) < 4.78 is 10.9. The van der Waals surface area contributed by atoms with Gasteiger partial charge in [-0.2, -0.15) is 0 Å². The lowest BCUT2D eigenvalue weighted by Crippen LogP contribution is -2.40. The van der Waals surface area contributed by atoms with Gasteiger partial charge in [-0.15, -0.1) is 0 Å². The standard InChI is InChI=1S/C16H33NO3/c1-14(2)5-4-8-20-12-15(18)11-17-13-16(3)6-9-19-10-7-16/h14-15,17-18H,4-13H2,1-3H3. The fourth-order valence-corrected chi connectivity index (χ4v) is 2.45. The van der Waals surface area contributed by atoms with E-state index < -0.39 is 6.10 Å². The van der Waals surface area contributed by atoms with Crippen molar-refractivity contribution in [2.24, 2.45) is 11.3 Å². The zero-order chi connectivity index (χ0) is 14.8. The largest absolute Gasteiger partial charge is 0.389 e. The fourth-order valence-electron chi connectivity index (χ4n) is 2.45. The van der Waals surface area contributed by atoms with Crippen molar-refractivity contribution in [1.29, 1.82) is 0 Å². The predicted molar refractivity (Wildman–Crippen MR) is 81.9 cm³/mol. The Morgan fingerprint density at radius 1 is 1.30 bits per heavy atom. The molecule has 0 aliphatic carbocycles. The Kier molecular flexibility index (Phi) is 8.69. The highest BCUT2D eigenvalue weighted by Crippen LogP contribution is 2.28. The van der Waals surface area contributed by atoms with Gasteiger partial charge in [0.05, 0.1) is 12.7 Å². The molecular weight excluding hydrogens is 254 g/mol. The van der Waals surface area contributed by atoms with Gasteiger partial charge in [-0.1, -0.05) is 20.8 Å². The summed E-state index contributed by atoms with van der Waals surface area (Å²) in [5, 5.41) is 13.2. The van der Waals surface area contributed by atoms with Crippen LogP contribution in [-0.4, -0.2) is 50.7 Å². The molecule has 1 rings (SSSR count). The van der Waals surface area contributed by atoms with Crippen molar-refractivity contribution in [3.05, 3.63) is 0 Å². The Bertz CT molecular complexity index is 240. The molecule has 0 aromatic heterocycles. The molecule has 1 heterocycles. The second-order valence-corrected chi connectivity index (χ2v) is 6.82. The predicted octanol–water partition coefficient (Wildman–Crippen LogP) is 2.21. The highest BCUT2D eigenvalue weighted by Gasteiger charge is 2.26. The smallest absolute Gasteiger partial charge is 0.0897 e. The van der Waals surface area contributed by atoms with E-state index in [1.165, 1.54) is 6.42 Å². The third-order valence-electron chi connectivity index (χ3n) is 4.01. The highest BCUT2D eigenvalue weighted by molar-refractivity contribution is 4.79. The lowest BCUT2D eigenvalue weighted by molar-refractivity contribution is 0.0157. The van der Waals surface area contributed by atoms with Crippen molar-refractivity contribution in [3.63, 3.8) is 0 Å². The summed E-state index contributed by atoms with van der Waals surface area (Å²) in [6.07, 6.45) is 4.06. The molecule has 0 spiro atoms. The first-order chi connectivity index (χ1) is 9.52. The summed E-state index contributed by atoms with van der Waals surface area (Å²) in [4.78, 5) is 0. The second-order valence-electron chi connectivity index (χ2n) is 6.82. The van der Waals surface area contributed by atoms with E-state index in [0.29, 0.717) is 18.6 Å². The molecule has 1 aliphatic rings. The average molecular weight is 287 g/mol. The van der Waals surface area contributed by atoms with E-state index >= 15 is 0 Å². The van der Waals surface area contributed by atoms with E-state index in [9.17, 15) is 5.11 Å². The van der Waals surface area contributed by atoms with E-state index in [1.54, 1.807) is 0 Å². The summed E-state index contributed by atoms with van der Waals surface area (Å²) in [7, 11) is 0. The number of nitrogens with one attached hydrogen (secondary N) is 1. The van der Waals surface area contributed by atoms with Crippen LogP contribution >= 0.6 is 0 Å². The van der Waals surface area contributed by atoms with Crippen molar-refractivity contribution in [2.45, 2.75) is 52.6 Å². The van der Waals surface area contributed by atoms with Crippen molar-refractivity contribution < 1.29 is 14.6 Å². The summed E-state index contributed by atoms with van der Waals surface area (Å²) in [6, 6.07) is 0. The van der Waals surface area contributed by atoms with Crippen LogP contribution in [0.25, 0.3) is 0 Å². The number of aliphatic hydroxyl groups is 1. The van der Waals surface area contributed by atoms with Crippen molar-refractivity contribution in [1.82, 2.24) is 5.32 Å². The van der Waals surface area contributed by atoms with Gasteiger partial charge in [-0.25, -0.2) is 0 Å². The number of hydrogen-bond donors (Lipinski definition) is 2. The minimum atomic E-state index is -0.405. The van der Waals surface area contributed by atoms with Crippen molar-refractivity contribution >= 4 is 0 Å². The molecule has 1 aliphatic heterocycles. The Balaban J connectivity index is 1.98. The molecule has 1 unspecified atom stereocenters. The molecule has 4 heteroatoms. The minimum Gasteiger partial charge on any atom is -0.389 e. The molecule has 4 nitrogen and oxygen atoms in total. The zero-order valence-electron chi connectivity index (χ0n) is 13.5. The third-order valence-corrected chi connectivity index (χ3v) is 4.01. The molecule has 0 bridgehead atoms. The van der Waals surface area contributed by atoms with Crippen LogP contribution in [0.5, 0.6) is 0 Å². The van der Waals surface area contributed by atoms with Gasteiger partial charge >= 0.3 is 0 Å². The van der Waals surface area contributed by atoms with Crippen molar-refractivity contribution in [2.75, 3.05) is 39.5 Å². The lowest BCUT2D eigenvalue weighted by atomic mass is 9.82. The average Bonchev–Trinajstić information content (AvgIpc) is 2.38. The molecule has 1 atom stereocenters. The third kappa shape index (κ3) is 8.20. The monoisotopic (exact) mass is 287 g/mol. The number of aliphatic hydroxyl groups excluding tert-OH is 1. The van der Waals surface area contributed by atoms with E-state index in [4.69, 9.17) is 9.47 Å². The highest BCUT2D eigenvalue weighted by atomic mass is 16.5.